The molecule has 1 unspecified atom stereocenters. The van der Waals surface area contributed by atoms with Crippen molar-refractivity contribution in [2.24, 2.45) is 11.1 Å². The maximum atomic E-state index is 6.10. The summed E-state index contributed by atoms with van der Waals surface area (Å²) in [5, 5.41) is 0. The van der Waals surface area contributed by atoms with E-state index in [9.17, 15) is 0 Å². The van der Waals surface area contributed by atoms with Crippen LogP contribution in [0.25, 0.3) is 0 Å². The highest BCUT2D eigenvalue weighted by atomic mass is 28.4. The van der Waals surface area contributed by atoms with Gasteiger partial charge in [-0.2, -0.15) is 0 Å². The fourth-order valence-corrected chi connectivity index (χ4v) is 3.83. The van der Waals surface area contributed by atoms with Crippen molar-refractivity contribution >= 4 is 8.80 Å². The Hall–Kier alpha value is 0.0569. The molecule has 16 heavy (non-hydrogen) atoms. The molecule has 98 valence electrons. The molecule has 0 saturated heterocycles. The van der Waals surface area contributed by atoms with Crippen molar-refractivity contribution in [1.82, 2.24) is 0 Å². The average molecular weight is 249 g/mol. The van der Waals surface area contributed by atoms with Crippen LogP contribution in [0.4, 0.5) is 0 Å². The molecule has 0 aromatic rings. The molecule has 0 aliphatic rings. The molecule has 0 aromatic heterocycles. The zero-order chi connectivity index (χ0) is 12.8. The molecule has 1 atom stereocenters. The van der Waals surface area contributed by atoms with Crippen molar-refractivity contribution in [3.05, 3.63) is 0 Å². The summed E-state index contributed by atoms with van der Waals surface area (Å²) in [7, 11) is 2.49. The molecule has 0 aromatic carbocycles. The van der Waals surface area contributed by atoms with Crippen LogP contribution >= 0.6 is 0 Å². The predicted octanol–water partition coefficient (Wildman–Crippen LogP) is 2.02. The summed E-state index contributed by atoms with van der Waals surface area (Å²) in [6.07, 6.45) is 1.93. The van der Waals surface area contributed by atoms with Gasteiger partial charge in [-0.1, -0.05) is 20.8 Å². The molecule has 0 spiro atoms. The van der Waals surface area contributed by atoms with Gasteiger partial charge in [0.2, 0.25) is 0 Å². The highest BCUT2D eigenvalue weighted by molar-refractivity contribution is 6.60. The summed E-state index contributed by atoms with van der Waals surface area (Å²) in [6.45, 7) is 6.47. The number of rotatable bonds is 8. The lowest BCUT2D eigenvalue weighted by molar-refractivity contribution is 0.116. The highest BCUT2D eigenvalue weighted by Gasteiger charge is 2.40. The summed E-state index contributed by atoms with van der Waals surface area (Å²) >= 11 is 0. The molecule has 0 heterocycles. The van der Waals surface area contributed by atoms with E-state index in [4.69, 9.17) is 19.0 Å². The van der Waals surface area contributed by atoms with E-state index in [-0.39, 0.29) is 11.5 Å². The van der Waals surface area contributed by atoms with Crippen LogP contribution in [0.1, 0.15) is 33.6 Å². The van der Waals surface area contributed by atoms with E-state index < -0.39 is 8.80 Å². The fourth-order valence-electron chi connectivity index (χ4n) is 1.77. The first-order valence-corrected chi connectivity index (χ1v) is 7.71. The molecular weight excluding hydrogens is 222 g/mol. The predicted molar refractivity (Wildman–Crippen MR) is 68.3 cm³/mol. The first kappa shape index (κ1) is 16.1. The van der Waals surface area contributed by atoms with Gasteiger partial charge in [0.25, 0.3) is 0 Å². The minimum Gasteiger partial charge on any atom is -0.377 e. The Kier molecular flexibility index (Phi) is 6.73. The van der Waals surface area contributed by atoms with Crippen LogP contribution < -0.4 is 5.73 Å². The second kappa shape index (κ2) is 6.71. The molecule has 0 saturated carbocycles. The maximum absolute atomic E-state index is 6.10. The largest absolute Gasteiger partial charge is 0.500 e. The lowest BCUT2D eigenvalue weighted by Crippen LogP contribution is -2.45. The third-order valence-corrected chi connectivity index (χ3v) is 6.18. The first-order valence-electron chi connectivity index (χ1n) is 5.78. The van der Waals surface area contributed by atoms with Crippen molar-refractivity contribution in [3.8, 4) is 0 Å². The normalized spacial score (nSPS) is 15.2. The Morgan fingerprint density at radius 3 is 1.88 bits per heavy atom. The SMILES string of the molecule is CCC(N)C(C)(C)CC[Si](OC)(OC)OC. The Bertz CT molecular complexity index is 187. The molecule has 0 rings (SSSR count). The molecule has 0 amide bonds. The van der Waals surface area contributed by atoms with Gasteiger partial charge < -0.3 is 19.0 Å². The smallest absolute Gasteiger partial charge is 0.377 e. The van der Waals surface area contributed by atoms with Gasteiger partial charge in [0.1, 0.15) is 0 Å². The molecule has 0 radical (unpaired) electrons. The fraction of sp³-hybridized carbons (Fsp3) is 1.00. The van der Waals surface area contributed by atoms with Crippen LogP contribution in [0, 0.1) is 5.41 Å². The van der Waals surface area contributed by atoms with Crippen LogP contribution in [0.15, 0.2) is 0 Å². The van der Waals surface area contributed by atoms with E-state index >= 15 is 0 Å². The average Bonchev–Trinajstić information content (AvgIpc) is 2.30. The van der Waals surface area contributed by atoms with Crippen molar-refractivity contribution < 1.29 is 13.3 Å². The van der Waals surface area contributed by atoms with Crippen molar-refractivity contribution in [2.75, 3.05) is 21.3 Å². The molecule has 5 heteroatoms. The number of hydrogen-bond donors (Lipinski definition) is 1. The van der Waals surface area contributed by atoms with Crippen molar-refractivity contribution in [1.29, 1.82) is 0 Å². The standard InChI is InChI=1S/C11H27NO3Si/c1-7-10(12)11(2,3)8-9-16(13-4,14-5)15-6/h10H,7-9,12H2,1-6H3. The van der Waals surface area contributed by atoms with Gasteiger partial charge in [-0.15, -0.1) is 0 Å². The summed E-state index contributed by atoms with van der Waals surface area (Å²) in [5.74, 6) is 0. The summed E-state index contributed by atoms with van der Waals surface area (Å²) in [6, 6.07) is 1.00. The van der Waals surface area contributed by atoms with Gasteiger partial charge in [-0.3, -0.25) is 0 Å². The zero-order valence-electron chi connectivity index (χ0n) is 11.5. The minimum absolute atomic E-state index is 0.0859. The van der Waals surface area contributed by atoms with Crippen molar-refractivity contribution in [3.63, 3.8) is 0 Å². The quantitative estimate of drug-likeness (QED) is 0.669. The Balaban J connectivity index is 4.40. The van der Waals surface area contributed by atoms with E-state index in [1.165, 1.54) is 0 Å². The third kappa shape index (κ3) is 4.14. The maximum Gasteiger partial charge on any atom is 0.500 e. The number of nitrogens with two attached hydrogens (primary N) is 1. The summed E-state index contributed by atoms with van der Waals surface area (Å²) in [4.78, 5) is 0. The topological polar surface area (TPSA) is 53.7 Å². The van der Waals surface area contributed by atoms with Crippen LogP contribution in [-0.4, -0.2) is 36.2 Å². The van der Waals surface area contributed by atoms with E-state index in [0.717, 1.165) is 18.9 Å². The molecule has 0 fully saturated rings. The first-order chi connectivity index (χ1) is 7.37. The van der Waals surface area contributed by atoms with Crippen LogP contribution in [0.5, 0.6) is 0 Å². The molecule has 4 nitrogen and oxygen atoms in total. The lowest BCUT2D eigenvalue weighted by atomic mass is 9.81. The molecule has 0 bridgehead atoms. The highest BCUT2D eigenvalue weighted by Crippen LogP contribution is 2.31. The molecule has 2 N–H and O–H groups in total. The van der Waals surface area contributed by atoms with Gasteiger partial charge in [0.05, 0.1) is 0 Å². The third-order valence-electron chi connectivity index (χ3n) is 3.45. The van der Waals surface area contributed by atoms with E-state index in [1.54, 1.807) is 21.3 Å². The molecule has 0 aliphatic heterocycles. The van der Waals surface area contributed by atoms with Crippen LogP contribution in [-0.2, 0) is 13.3 Å². The lowest BCUT2D eigenvalue weighted by Gasteiger charge is -2.34. The van der Waals surface area contributed by atoms with Crippen LogP contribution in [0.2, 0.25) is 6.04 Å². The van der Waals surface area contributed by atoms with Gasteiger partial charge in [0.15, 0.2) is 0 Å². The van der Waals surface area contributed by atoms with Gasteiger partial charge >= 0.3 is 8.80 Å². The Morgan fingerprint density at radius 1 is 1.12 bits per heavy atom. The minimum atomic E-state index is -2.44. The van der Waals surface area contributed by atoms with Crippen molar-refractivity contribution in [2.45, 2.75) is 45.7 Å². The van der Waals surface area contributed by atoms with Gasteiger partial charge in [-0.05, 0) is 18.3 Å². The Labute approximate surface area is 101 Å². The van der Waals surface area contributed by atoms with E-state index in [0.29, 0.717) is 0 Å². The van der Waals surface area contributed by atoms with Gasteiger partial charge in [0, 0.05) is 33.4 Å². The van der Waals surface area contributed by atoms with Gasteiger partial charge in [-0.25, -0.2) is 0 Å². The Morgan fingerprint density at radius 2 is 1.56 bits per heavy atom. The van der Waals surface area contributed by atoms with E-state index in [1.807, 2.05) is 0 Å². The molecular formula is C11H27NO3Si. The number of hydrogen-bond acceptors (Lipinski definition) is 4. The zero-order valence-corrected chi connectivity index (χ0v) is 12.5. The van der Waals surface area contributed by atoms with E-state index in [2.05, 4.69) is 20.8 Å². The second-order valence-electron chi connectivity index (χ2n) is 4.80. The molecule has 0 aliphatic carbocycles. The monoisotopic (exact) mass is 249 g/mol. The summed E-state index contributed by atoms with van der Waals surface area (Å²) < 4.78 is 16.2. The van der Waals surface area contributed by atoms with Crippen LogP contribution in [0.3, 0.4) is 0 Å². The summed E-state index contributed by atoms with van der Waals surface area (Å²) in [5.41, 5.74) is 6.18. The second-order valence-corrected chi connectivity index (χ2v) is 7.89.